The Balaban J connectivity index is 1.93. The van der Waals surface area contributed by atoms with Crippen LogP contribution in [0.25, 0.3) is 0 Å². The molecule has 24 heavy (non-hydrogen) atoms. The molecule has 0 radical (unpaired) electrons. The number of nitrogens with one attached hydrogen (secondary N) is 1. The third-order valence-electron chi connectivity index (χ3n) is 3.81. The van der Waals surface area contributed by atoms with E-state index in [1.54, 1.807) is 19.1 Å². The number of rotatable bonds is 7. The Morgan fingerprint density at radius 3 is 2.71 bits per heavy atom. The predicted molar refractivity (Wildman–Crippen MR) is 91.5 cm³/mol. The Morgan fingerprint density at radius 1 is 1.38 bits per heavy atom. The molecule has 0 aromatic heterocycles. The first-order chi connectivity index (χ1) is 11.3. The van der Waals surface area contributed by atoms with Crippen molar-refractivity contribution >= 4 is 35.1 Å². The van der Waals surface area contributed by atoms with Crippen LogP contribution >= 0.6 is 23.2 Å². The summed E-state index contributed by atoms with van der Waals surface area (Å²) in [6, 6.07) is 4.23. The van der Waals surface area contributed by atoms with Crippen LogP contribution in [0.15, 0.2) is 18.2 Å². The summed E-state index contributed by atoms with van der Waals surface area (Å²) < 4.78 is 5.42. The van der Waals surface area contributed by atoms with E-state index in [1.807, 2.05) is 6.92 Å². The molecular weight excluding hydrogens is 355 g/mol. The first-order valence-electron chi connectivity index (χ1n) is 7.67. The number of halogens is 2. The highest BCUT2D eigenvalue weighted by atomic mass is 35.5. The highest BCUT2D eigenvalue weighted by Gasteiger charge is 2.47. The molecule has 132 valence electrons. The summed E-state index contributed by atoms with van der Waals surface area (Å²) in [5.41, 5.74) is -0.911. The Bertz CT molecular complexity index is 641. The summed E-state index contributed by atoms with van der Waals surface area (Å²) in [6.45, 7) is 3.37. The van der Waals surface area contributed by atoms with Crippen molar-refractivity contribution in [2.24, 2.45) is 0 Å². The molecule has 1 aromatic carbocycles. The molecule has 1 aliphatic heterocycles. The largest absolute Gasteiger partial charge is 0.489 e. The second-order valence-electron chi connectivity index (χ2n) is 5.97. The van der Waals surface area contributed by atoms with Crippen LogP contribution in [0.5, 0.6) is 5.75 Å². The third kappa shape index (κ3) is 4.12. The molecular formula is C16H20Cl2N2O4. The van der Waals surface area contributed by atoms with Gasteiger partial charge < -0.3 is 15.2 Å². The van der Waals surface area contributed by atoms with Gasteiger partial charge in [0.15, 0.2) is 0 Å². The molecule has 1 fully saturated rings. The lowest BCUT2D eigenvalue weighted by Crippen LogP contribution is -2.44. The van der Waals surface area contributed by atoms with Gasteiger partial charge in [0.05, 0.1) is 11.6 Å². The topological polar surface area (TPSA) is 78.9 Å². The van der Waals surface area contributed by atoms with Gasteiger partial charge in [0.2, 0.25) is 0 Å². The van der Waals surface area contributed by atoms with Gasteiger partial charge in [-0.3, -0.25) is 9.69 Å². The fourth-order valence-electron chi connectivity index (χ4n) is 2.62. The number of amides is 3. The molecule has 0 bridgehead atoms. The number of imide groups is 1. The summed E-state index contributed by atoms with van der Waals surface area (Å²) in [6.07, 6.45) is 0.272. The summed E-state index contributed by atoms with van der Waals surface area (Å²) in [4.78, 5) is 25.4. The maximum Gasteiger partial charge on any atom is 0.325 e. The molecule has 2 atom stereocenters. The van der Waals surface area contributed by atoms with Crippen molar-refractivity contribution in [3.8, 4) is 5.75 Å². The maximum absolute atomic E-state index is 12.4. The molecule has 2 rings (SSSR count). The van der Waals surface area contributed by atoms with Crippen LogP contribution in [0.3, 0.4) is 0 Å². The molecule has 1 aromatic rings. The molecule has 1 heterocycles. The molecule has 0 saturated carbocycles. The van der Waals surface area contributed by atoms with E-state index >= 15 is 0 Å². The van der Waals surface area contributed by atoms with Gasteiger partial charge in [-0.05, 0) is 31.5 Å². The van der Waals surface area contributed by atoms with E-state index in [9.17, 15) is 14.7 Å². The van der Waals surface area contributed by atoms with Crippen LogP contribution in [-0.4, -0.2) is 46.7 Å². The maximum atomic E-state index is 12.4. The highest BCUT2D eigenvalue weighted by Crippen LogP contribution is 2.28. The predicted octanol–water partition coefficient (Wildman–Crippen LogP) is 2.84. The summed E-state index contributed by atoms with van der Waals surface area (Å²) in [5.74, 6) is 0.0334. The zero-order valence-corrected chi connectivity index (χ0v) is 15.0. The van der Waals surface area contributed by atoms with E-state index in [2.05, 4.69) is 5.32 Å². The zero-order chi connectivity index (χ0) is 17.9. The number of carbonyl (C=O) groups is 2. The van der Waals surface area contributed by atoms with Crippen molar-refractivity contribution in [2.75, 3.05) is 13.2 Å². The molecule has 8 heteroatoms. The lowest BCUT2D eigenvalue weighted by molar-refractivity contribution is -0.132. The van der Waals surface area contributed by atoms with E-state index < -0.39 is 17.7 Å². The monoisotopic (exact) mass is 374 g/mol. The second-order valence-corrected chi connectivity index (χ2v) is 6.81. The van der Waals surface area contributed by atoms with Gasteiger partial charge in [0.1, 0.15) is 24.0 Å². The van der Waals surface area contributed by atoms with Crippen molar-refractivity contribution in [1.29, 1.82) is 0 Å². The van der Waals surface area contributed by atoms with Gasteiger partial charge in [0.25, 0.3) is 5.91 Å². The number of benzene rings is 1. The van der Waals surface area contributed by atoms with Gasteiger partial charge in [-0.15, -0.1) is 0 Å². The van der Waals surface area contributed by atoms with Gasteiger partial charge >= 0.3 is 6.03 Å². The Labute approximate surface area is 150 Å². The molecule has 1 saturated heterocycles. The highest BCUT2D eigenvalue weighted by molar-refractivity contribution is 6.35. The summed E-state index contributed by atoms with van der Waals surface area (Å²) in [7, 11) is 0. The first-order valence-corrected chi connectivity index (χ1v) is 8.42. The number of aliphatic hydroxyl groups is 1. The fraction of sp³-hybridized carbons (Fsp3) is 0.500. The number of nitrogens with zero attached hydrogens (tertiary/aromatic N) is 1. The van der Waals surface area contributed by atoms with Crippen LogP contribution in [0.2, 0.25) is 10.0 Å². The van der Waals surface area contributed by atoms with E-state index in [0.717, 1.165) is 11.3 Å². The van der Waals surface area contributed by atoms with E-state index in [-0.39, 0.29) is 19.1 Å². The average Bonchev–Trinajstić information content (AvgIpc) is 2.70. The summed E-state index contributed by atoms with van der Waals surface area (Å²) >= 11 is 11.8. The number of carbonyl (C=O) groups excluding carboxylic acids is 2. The van der Waals surface area contributed by atoms with Crippen molar-refractivity contribution in [1.82, 2.24) is 10.2 Å². The van der Waals surface area contributed by atoms with Crippen molar-refractivity contribution in [3.63, 3.8) is 0 Å². The number of urea groups is 1. The van der Waals surface area contributed by atoms with Crippen LogP contribution in [0.1, 0.15) is 26.7 Å². The third-order valence-corrected chi connectivity index (χ3v) is 4.34. The molecule has 2 N–H and O–H groups in total. The fourth-order valence-corrected chi connectivity index (χ4v) is 3.09. The Morgan fingerprint density at radius 2 is 2.08 bits per heavy atom. The minimum Gasteiger partial charge on any atom is -0.489 e. The van der Waals surface area contributed by atoms with Crippen molar-refractivity contribution in [3.05, 3.63) is 28.2 Å². The molecule has 1 aliphatic rings. The number of β-amino-alcohol motifs (C(OH)–C–C–N with tert-alkyl or cyclic N) is 1. The smallest absolute Gasteiger partial charge is 0.325 e. The molecule has 0 spiro atoms. The molecule has 6 nitrogen and oxygen atoms in total. The zero-order valence-electron chi connectivity index (χ0n) is 13.5. The van der Waals surface area contributed by atoms with E-state index in [0.29, 0.717) is 22.2 Å². The number of ether oxygens (including phenoxy) is 1. The van der Waals surface area contributed by atoms with E-state index in [4.69, 9.17) is 27.9 Å². The van der Waals surface area contributed by atoms with Gasteiger partial charge in [-0.25, -0.2) is 4.79 Å². The standard InChI is InChI=1S/C16H20Cl2N2O4/c1-3-6-16(2)14(22)20(15(23)19-16)8-11(21)9-24-13-5-4-10(17)7-12(13)18/h4-5,7,11,21H,3,6,8-9H2,1-2H3,(H,19,23). The number of hydrogen-bond acceptors (Lipinski definition) is 4. The van der Waals surface area contributed by atoms with Gasteiger partial charge in [-0.2, -0.15) is 0 Å². The van der Waals surface area contributed by atoms with Crippen LogP contribution in [0.4, 0.5) is 4.79 Å². The first kappa shape index (κ1) is 18.8. The minimum absolute atomic E-state index is 0.108. The molecule has 3 amide bonds. The Kier molecular flexibility index (Phi) is 5.96. The Hall–Kier alpha value is -1.50. The lowest BCUT2D eigenvalue weighted by atomic mass is 9.96. The second kappa shape index (κ2) is 7.59. The molecule has 2 unspecified atom stereocenters. The minimum atomic E-state index is -1.03. The van der Waals surface area contributed by atoms with Crippen LogP contribution < -0.4 is 10.1 Å². The SMILES string of the molecule is CCCC1(C)NC(=O)N(CC(O)COc2ccc(Cl)cc2Cl)C1=O. The number of hydrogen-bond donors (Lipinski definition) is 2. The quantitative estimate of drug-likeness (QED) is 0.719. The van der Waals surface area contributed by atoms with Crippen molar-refractivity contribution in [2.45, 2.75) is 38.3 Å². The normalized spacial score (nSPS) is 21.8. The molecule has 0 aliphatic carbocycles. The van der Waals surface area contributed by atoms with Crippen LogP contribution in [-0.2, 0) is 4.79 Å². The van der Waals surface area contributed by atoms with Gasteiger partial charge in [0, 0.05) is 5.02 Å². The van der Waals surface area contributed by atoms with Gasteiger partial charge in [-0.1, -0.05) is 36.5 Å². The number of aliphatic hydroxyl groups excluding tert-OH is 1. The van der Waals surface area contributed by atoms with Crippen molar-refractivity contribution < 1.29 is 19.4 Å². The average molecular weight is 375 g/mol. The van der Waals surface area contributed by atoms with Crippen LogP contribution in [0, 0.1) is 0 Å². The van der Waals surface area contributed by atoms with E-state index in [1.165, 1.54) is 6.07 Å². The summed E-state index contributed by atoms with van der Waals surface area (Å²) in [5, 5.41) is 13.6. The lowest BCUT2D eigenvalue weighted by Gasteiger charge is -2.22.